The van der Waals surface area contributed by atoms with Crippen LogP contribution < -0.4 is 0 Å². The van der Waals surface area contributed by atoms with Crippen LogP contribution in [0.4, 0.5) is 0 Å². The van der Waals surface area contributed by atoms with Crippen molar-refractivity contribution >= 4 is 28.7 Å². The summed E-state index contributed by atoms with van der Waals surface area (Å²) in [5, 5.41) is 16.6. The first kappa shape index (κ1) is 20.1. The van der Waals surface area contributed by atoms with Crippen LogP contribution in [0.15, 0.2) is 48.9 Å². The number of carboxylic acids is 2. The van der Waals surface area contributed by atoms with Crippen LogP contribution in [0, 0.1) is 0 Å². The molecule has 0 fully saturated rings. The Hall–Kier alpha value is -3.68. The molecule has 0 saturated carbocycles. The summed E-state index contributed by atoms with van der Waals surface area (Å²) in [6, 6.07) is 8.01. The van der Waals surface area contributed by atoms with Gasteiger partial charge in [-0.2, -0.15) is 0 Å². The van der Waals surface area contributed by atoms with Crippen molar-refractivity contribution in [2.45, 2.75) is 25.7 Å². The first-order valence-electron chi connectivity index (χ1n) is 9.16. The maximum Gasteiger partial charge on any atom is 0.328 e. The molecule has 2 N–H and O–H groups in total. The predicted molar refractivity (Wildman–Crippen MR) is 106 cm³/mol. The van der Waals surface area contributed by atoms with Gasteiger partial charge in [-0.25, -0.2) is 14.6 Å². The van der Waals surface area contributed by atoms with E-state index in [1.54, 1.807) is 10.9 Å². The molecule has 0 radical (unpaired) electrons. The van der Waals surface area contributed by atoms with Crippen LogP contribution in [0.25, 0.3) is 10.9 Å². The lowest BCUT2D eigenvalue weighted by atomic mass is 10.0. The second-order valence-corrected chi connectivity index (χ2v) is 6.70. The summed E-state index contributed by atoms with van der Waals surface area (Å²) in [6.45, 7) is 0. The van der Waals surface area contributed by atoms with Gasteiger partial charge in [0.2, 0.25) is 0 Å². The lowest BCUT2D eigenvalue weighted by Gasteiger charge is -2.12. The van der Waals surface area contributed by atoms with Crippen molar-refractivity contribution in [1.82, 2.24) is 14.1 Å². The van der Waals surface area contributed by atoms with E-state index >= 15 is 0 Å². The van der Waals surface area contributed by atoms with Gasteiger partial charge >= 0.3 is 11.9 Å². The van der Waals surface area contributed by atoms with Gasteiger partial charge in [0.05, 0.1) is 11.3 Å². The summed E-state index contributed by atoms with van der Waals surface area (Å²) in [6.07, 6.45) is 8.98. The Kier molecular flexibility index (Phi) is 5.92. The molecular formula is C21H21N3O5. The van der Waals surface area contributed by atoms with E-state index in [4.69, 9.17) is 10.2 Å². The molecule has 8 heteroatoms. The van der Waals surface area contributed by atoms with Gasteiger partial charge in [0.1, 0.15) is 6.33 Å². The van der Waals surface area contributed by atoms with Crippen LogP contribution >= 0.6 is 0 Å². The zero-order valence-corrected chi connectivity index (χ0v) is 15.9. The minimum absolute atomic E-state index is 0.0300. The molecule has 3 aromatic rings. The number of hydrogen-bond acceptors (Lipinski definition) is 4. The molecule has 2 aromatic heterocycles. The third kappa shape index (κ3) is 4.43. The van der Waals surface area contributed by atoms with Crippen LogP contribution in [0.3, 0.4) is 0 Å². The molecule has 0 saturated heterocycles. The van der Waals surface area contributed by atoms with Crippen molar-refractivity contribution in [3.05, 3.63) is 65.9 Å². The number of aromatic nitrogens is 3. The summed E-state index contributed by atoms with van der Waals surface area (Å²) < 4.78 is 3.75. The topological polar surface area (TPSA) is 114 Å². The van der Waals surface area contributed by atoms with Crippen molar-refractivity contribution in [2.24, 2.45) is 7.05 Å². The number of carbonyl (C=O) groups is 3. The Morgan fingerprint density at radius 1 is 1.03 bits per heavy atom. The maximum absolute atomic E-state index is 12.9. The molecular weight excluding hydrogens is 374 g/mol. The van der Waals surface area contributed by atoms with E-state index in [9.17, 15) is 14.4 Å². The molecule has 0 spiro atoms. The number of aryl methyl sites for hydroxylation is 2. The Morgan fingerprint density at radius 3 is 2.38 bits per heavy atom. The Bertz CT molecular complexity index is 1090. The maximum atomic E-state index is 12.9. The van der Waals surface area contributed by atoms with E-state index in [0.29, 0.717) is 12.2 Å². The fraction of sp³-hybridized carbons (Fsp3) is 0.238. The minimum Gasteiger partial charge on any atom is -0.478 e. The average molecular weight is 395 g/mol. The van der Waals surface area contributed by atoms with Crippen LogP contribution in [-0.4, -0.2) is 42.2 Å². The quantitative estimate of drug-likeness (QED) is 0.659. The molecule has 0 amide bonds. The van der Waals surface area contributed by atoms with Crippen molar-refractivity contribution in [2.75, 3.05) is 0 Å². The molecule has 0 atom stereocenters. The van der Waals surface area contributed by atoms with Gasteiger partial charge in [0.15, 0.2) is 0 Å². The minimum atomic E-state index is -1.26. The number of rotatable bonds is 3. The second kappa shape index (κ2) is 8.55. The predicted octanol–water partition coefficient (Wildman–Crippen LogP) is 2.65. The van der Waals surface area contributed by atoms with E-state index in [2.05, 4.69) is 4.98 Å². The average Bonchev–Trinajstić information content (AvgIpc) is 3.28. The summed E-state index contributed by atoms with van der Waals surface area (Å²) in [4.78, 5) is 36.4. The summed E-state index contributed by atoms with van der Waals surface area (Å²) in [5.74, 6) is -2.48. The Morgan fingerprint density at radius 2 is 1.69 bits per heavy atom. The normalized spacial score (nSPS) is 13.0. The summed E-state index contributed by atoms with van der Waals surface area (Å²) in [5.41, 5.74) is 4.02. The molecule has 29 heavy (non-hydrogen) atoms. The number of imidazole rings is 1. The number of benzene rings is 1. The number of nitrogens with zero attached hydrogens (tertiary/aromatic N) is 3. The van der Waals surface area contributed by atoms with Gasteiger partial charge in [0.25, 0.3) is 5.91 Å². The van der Waals surface area contributed by atoms with E-state index < -0.39 is 11.9 Å². The van der Waals surface area contributed by atoms with Gasteiger partial charge in [0, 0.05) is 42.0 Å². The molecule has 4 rings (SSSR count). The molecule has 1 aliphatic carbocycles. The van der Waals surface area contributed by atoms with Crippen molar-refractivity contribution in [1.29, 1.82) is 0 Å². The fourth-order valence-electron chi connectivity index (χ4n) is 3.43. The molecule has 0 aliphatic heterocycles. The number of carboxylic acid groups (broad SMARTS) is 2. The number of carbonyl (C=O) groups excluding carboxylic acids is 1. The van der Waals surface area contributed by atoms with Gasteiger partial charge in [-0.15, -0.1) is 0 Å². The van der Waals surface area contributed by atoms with E-state index in [-0.39, 0.29) is 5.91 Å². The molecule has 0 bridgehead atoms. The van der Waals surface area contributed by atoms with Crippen molar-refractivity contribution in [3.8, 4) is 0 Å². The van der Waals surface area contributed by atoms with Gasteiger partial charge in [-0.05, 0) is 31.7 Å². The zero-order valence-electron chi connectivity index (χ0n) is 15.9. The molecule has 2 heterocycles. The first-order valence-corrected chi connectivity index (χ1v) is 9.16. The van der Waals surface area contributed by atoms with Crippen LogP contribution in [0.2, 0.25) is 0 Å². The van der Waals surface area contributed by atoms with Gasteiger partial charge in [-0.1, -0.05) is 18.2 Å². The lowest BCUT2D eigenvalue weighted by molar-refractivity contribution is -0.134. The molecule has 150 valence electrons. The monoisotopic (exact) mass is 395 g/mol. The molecule has 1 aromatic carbocycles. The van der Waals surface area contributed by atoms with E-state index in [1.165, 1.54) is 6.42 Å². The summed E-state index contributed by atoms with van der Waals surface area (Å²) in [7, 11) is 1.97. The van der Waals surface area contributed by atoms with Crippen molar-refractivity contribution < 1.29 is 24.6 Å². The highest BCUT2D eigenvalue weighted by Crippen LogP contribution is 2.24. The highest BCUT2D eigenvalue weighted by molar-refractivity contribution is 6.08. The summed E-state index contributed by atoms with van der Waals surface area (Å²) >= 11 is 0. The molecule has 8 nitrogen and oxygen atoms in total. The van der Waals surface area contributed by atoms with Crippen LogP contribution in [0.5, 0.6) is 0 Å². The van der Waals surface area contributed by atoms with E-state index in [0.717, 1.165) is 47.1 Å². The van der Waals surface area contributed by atoms with Crippen LogP contribution in [0.1, 0.15) is 34.6 Å². The second-order valence-electron chi connectivity index (χ2n) is 6.70. The van der Waals surface area contributed by atoms with Crippen molar-refractivity contribution in [3.63, 3.8) is 0 Å². The Labute approximate surface area is 166 Å². The highest BCUT2D eigenvalue weighted by atomic mass is 16.4. The zero-order chi connectivity index (χ0) is 21.0. The van der Waals surface area contributed by atoms with Gasteiger partial charge in [-0.3, -0.25) is 9.36 Å². The smallest absolute Gasteiger partial charge is 0.328 e. The highest BCUT2D eigenvalue weighted by Gasteiger charge is 2.22. The molecule has 1 aliphatic rings. The number of hydrogen-bond donors (Lipinski definition) is 2. The first-order chi connectivity index (χ1) is 13.9. The van der Waals surface area contributed by atoms with E-state index in [1.807, 2.05) is 42.1 Å². The lowest BCUT2D eigenvalue weighted by Crippen LogP contribution is -2.16. The fourth-order valence-corrected chi connectivity index (χ4v) is 3.43. The number of fused-ring (bicyclic) bond motifs is 2. The standard InChI is InChI=1S/C17H17N3O.C4H4O4/c1-19-10-13(12-6-2-4-8-15(12)19)17(21)20-11-18-14-7-3-5-9-16(14)20;5-3(6)1-2-4(7)8/h2,4,6,8,10-11H,3,5,7,9H2,1H3;1-2H,(H,5,6)(H,7,8)/b;2-1+. The van der Waals surface area contributed by atoms with Gasteiger partial charge < -0.3 is 14.8 Å². The number of aliphatic carboxylic acids is 2. The number of para-hydroxylation sites is 1. The largest absolute Gasteiger partial charge is 0.478 e. The third-order valence-corrected chi connectivity index (χ3v) is 4.74. The Balaban J connectivity index is 0.000000258. The SMILES string of the molecule is Cn1cc(C(=O)n2cnc3c2CCCC3)c2ccccc21.O=C(O)/C=C/C(=O)O. The third-order valence-electron chi connectivity index (χ3n) is 4.74. The van der Waals surface area contributed by atoms with Crippen LogP contribution in [-0.2, 0) is 29.5 Å². The molecule has 0 unspecified atom stereocenters.